The summed E-state index contributed by atoms with van der Waals surface area (Å²) in [6.07, 6.45) is 0. The Balaban J connectivity index is 2.01. The lowest BCUT2D eigenvalue weighted by molar-refractivity contribution is -0.113. The number of anilines is 1. The van der Waals surface area contributed by atoms with Gasteiger partial charge in [-0.3, -0.25) is 4.79 Å². The number of fused-ring (bicyclic) bond motifs is 1. The summed E-state index contributed by atoms with van der Waals surface area (Å²) in [6, 6.07) is 13.9. The summed E-state index contributed by atoms with van der Waals surface area (Å²) in [4.78, 5) is 11.6. The van der Waals surface area contributed by atoms with Crippen molar-refractivity contribution in [3.05, 3.63) is 42.5 Å². The Morgan fingerprint density at radius 3 is 2.72 bits per heavy atom. The van der Waals surface area contributed by atoms with Gasteiger partial charge < -0.3 is 10.4 Å². The molecule has 94 valence electrons. The minimum Gasteiger partial charge on any atom is -0.396 e. The molecule has 4 heteroatoms. The lowest BCUT2D eigenvalue weighted by atomic mass is 10.1. The van der Waals surface area contributed by atoms with Crippen LogP contribution in [0.4, 0.5) is 5.69 Å². The summed E-state index contributed by atoms with van der Waals surface area (Å²) in [5.74, 6) is 0.919. The highest BCUT2D eigenvalue weighted by atomic mass is 32.2. The van der Waals surface area contributed by atoms with Crippen molar-refractivity contribution in [2.45, 2.75) is 0 Å². The number of amides is 1. The molecule has 0 heterocycles. The largest absolute Gasteiger partial charge is 0.396 e. The Morgan fingerprint density at radius 2 is 1.94 bits per heavy atom. The van der Waals surface area contributed by atoms with Crippen molar-refractivity contribution in [1.29, 1.82) is 0 Å². The third-order valence-corrected chi connectivity index (χ3v) is 3.44. The fourth-order valence-electron chi connectivity index (χ4n) is 1.69. The Hall–Kier alpha value is -1.52. The molecule has 1 amide bonds. The topological polar surface area (TPSA) is 49.3 Å². The van der Waals surface area contributed by atoms with E-state index in [-0.39, 0.29) is 12.5 Å². The van der Waals surface area contributed by atoms with Crippen LogP contribution in [-0.2, 0) is 4.79 Å². The van der Waals surface area contributed by atoms with E-state index < -0.39 is 0 Å². The van der Waals surface area contributed by atoms with Gasteiger partial charge in [0.05, 0.1) is 12.4 Å². The van der Waals surface area contributed by atoms with Gasteiger partial charge in [0.1, 0.15) is 0 Å². The molecule has 0 fully saturated rings. The SMILES string of the molecule is O=C(CSCCO)Nc1ccc2ccccc2c1. The van der Waals surface area contributed by atoms with Gasteiger partial charge in [0.15, 0.2) is 0 Å². The van der Waals surface area contributed by atoms with E-state index in [9.17, 15) is 4.79 Å². The highest BCUT2D eigenvalue weighted by Crippen LogP contribution is 2.18. The summed E-state index contributed by atoms with van der Waals surface area (Å²) >= 11 is 1.42. The summed E-state index contributed by atoms with van der Waals surface area (Å²) in [5.41, 5.74) is 0.809. The number of carbonyl (C=O) groups excluding carboxylic acids is 1. The number of thioether (sulfide) groups is 1. The highest BCUT2D eigenvalue weighted by molar-refractivity contribution is 7.99. The predicted octanol–water partition coefficient (Wildman–Crippen LogP) is 2.50. The van der Waals surface area contributed by atoms with Crippen molar-refractivity contribution in [3.8, 4) is 0 Å². The number of nitrogens with one attached hydrogen (secondary N) is 1. The quantitative estimate of drug-likeness (QED) is 0.813. The Labute approximate surface area is 110 Å². The van der Waals surface area contributed by atoms with Gasteiger partial charge >= 0.3 is 0 Å². The highest BCUT2D eigenvalue weighted by Gasteiger charge is 2.02. The van der Waals surface area contributed by atoms with E-state index in [1.807, 2.05) is 42.5 Å². The minimum absolute atomic E-state index is 0.0382. The molecule has 0 saturated heterocycles. The van der Waals surface area contributed by atoms with Crippen LogP contribution >= 0.6 is 11.8 Å². The van der Waals surface area contributed by atoms with Gasteiger partial charge in [-0.2, -0.15) is 0 Å². The van der Waals surface area contributed by atoms with Crippen molar-refractivity contribution >= 4 is 34.1 Å². The molecule has 0 bridgehead atoms. The normalized spacial score (nSPS) is 10.5. The summed E-state index contributed by atoms with van der Waals surface area (Å²) in [7, 11) is 0. The fraction of sp³-hybridized carbons (Fsp3) is 0.214. The predicted molar refractivity (Wildman–Crippen MR) is 77.0 cm³/mol. The number of benzene rings is 2. The first kappa shape index (κ1) is 12.9. The second-order valence-electron chi connectivity index (χ2n) is 3.89. The maximum absolute atomic E-state index is 11.6. The van der Waals surface area contributed by atoms with Crippen LogP contribution in [-0.4, -0.2) is 29.1 Å². The lowest BCUT2D eigenvalue weighted by Gasteiger charge is -2.06. The Morgan fingerprint density at radius 1 is 1.17 bits per heavy atom. The first-order chi connectivity index (χ1) is 8.79. The molecule has 2 aromatic rings. The third-order valence-electron chi connectivity index (χ3n) is 2.50. The van der Waals surface area contributed by atoms with Gasteiger partial charge in [0.25, 0.3) is 0 Å². The molecule has 0 aliphatic rings. The lowest BCUT2D eigenvalue weighted by Crippen LogP contribution is -2.14. The standard InChI is InChI=1S/C14H15NO2S/c16-7-8-18-10-14(17)15-13-6-5-11-3-1-2-4-12(11)9-13/h1-6,9,16H,7-8,10H2,(H,15,17). The van der Waals surface area contributed by atoms with Gasteiger partial charge in [-0.15, -0.1) is 11.8 Å². The van der Waals surface area contributed by atoms with E-state index in [2.05, 4.69) is 5.32 Å². The summed E-state index contributed by atoms with van der Waals surface area (Å²) < 4.78 is 0. The molecule has 0 aliphatic carbocycles. The monoisotopic (exact) mass is 261 g/mol. The number of hydrogen-bond donors (Lipinski definition) is 2. The van der Waals surface area contributed by atoms with Crippen molar-refractivity contribution < 1.29 is 9.90 Å². The summed E-state index contributed by atoms with van der Waals surface area (Å²) in [5, 5.41) is 13.8. The number of aliphatic hydroxyl groups excluding tert-OH is 1. The molecule has 0 aliphatic heterocycles. The van der Waals surface area contributed by atoms with Crippen LogP contribution in [0.15, 0.2) is 42.5 Å². The molecule has 2 rings (SSSR count). The van der Waals surface area contributed by atoms with Crippen molar-refractivity contribution in [3.63, 3.8) is 0 Å². The second kappa shape index (κ2) is 6.42. The molecular weight excluding hydrogens is 246 g/mol. The van der Waals surface area contributed by atoms with Crippen LogP contribution in [0, 0.1) is 0 Å². The first-order valence-corrected chi connectivity index (χ1v) is 6.92. The zero-order chi connectivity index (χ0) is 12.8. The van der Waals surface area contributed by atoms with Crippen molar-refractivity contribution in [2.75, 3.05) is 23.4 Å². The average Bonchev–Trinajstić information content (AvgIpc) is 2.39. The molecule has 2 N–H and O–H groups in total. The van der Waals surface area contributed by atoms with Crippen LogP contribution in [0.25, 0.3) is 10.8 Å². The zero-order valence-corrected chi connectivity index (χ0v) is 10.7. The molecule has 0 saturated carbocycles. The van der Waals surface area contributed by atoms with E-state index in [1.54, 1.807) is 0 Å². The molecule has 0 radical (unpaired) electrons. The third kappa shape index (κ3) is 3.48. The van der Waals surface area contributed by atoms with Gasteiger partial charge in [0, 0.05) is 11.4 Å². The first-order valence-electron chi connectivity index (χ1n) is 5.77. The van der Waals surface area contributed by atoms with Gasteiger partial charge in [-0.05, 0) is 22.9 Å². The molecule has 0 spiro atoms. The minimum atomic E-state index is -0.0382. The van der Waals surface area contributed by atoms with Crippen LogP contribution in [0.2, 0.25) is 0 Å². The summed E-state index contributed by atoms with van der Waals surface area (Å²) in [6.45, 7) is 0.105. The maximum atomic E-state index is 11.6. The molecule has 0 aromatic heterocycles. The van der Waals surface area contributed by atoms with E-state index in [1.165, 1.54) is 11.8 Å². The van der Waals surface area contributed by atoms with Crippen molar-refractivity contribution in [2.24, 2.45) is 0 Å². The van der Waals surface area contributed by atoms with Gasteiger partial charge in [-0.1, -0.05) is 30.3 Å². The van der Waals surface area contributed by atoms with E-state index in [0.29, 0.717) is 11.5 Å². The van der Waals surface area contributed by atoms with Gasteiger partial charge in [0.2, 0.25) is 5.91 Å². The van der Waals surface area contributed by atoms with Crippen LogP contribution in [0.1, 0.15) is 0 Å². The number of rotatable bonds is 5. The maximum Gasteiger partial charge on any atom is 0.234 e. The molecule has 2 aromatic carbocycles. The molecule has 3 nitrogen and oxygen atoms in total. The molecular formula is C14H15NO2S. The van der Waals surface area contributed by atoms with E-state index >= 15 is 0 Å². The number of aliphatic hydroxyl groups is 1. The van der Waals surface area contributed by atoms with Gasteiger partial charge in [-0.25, -0.2) is 0 Å². The van der Waals surface area contributed by atoms with Crippen LogP contribution < -0.4 is 5.32 Å². The average molecular weight is 261 g/mol. The Kier molecular flexibility index (Phi) is 4.61. The number of carbonyl (C=O) groups is 1. The van der Waals surface area contributed by atoms with E-state index in [4.69, 9.17) is 5.11 Å². The van der Waals surface area contributed by atoms with Crippen LogP contribution in [0.5, 0.6) is 0 Å². The zero-order valence-electron chi connectivity index (χ0n) is 9.93. The molecule has 0 unspecified atom stereocenters. The number of hydrogen-bond acceptors (Lipinski definition) is 3. The Bertz CT molecular complexity index is 542. The smallest absolute Gasteiger partial charge is 0.234 e. The van der Waals surface area contributed by atoms with E-state index in [0.717, 1.165) is 16.5 Å². The molecule has 0 atom stereocenters. The van der Waals surface area contributed by atoms with Crippen LogP contribution in [0.3, 0.4) is 0 Å². The second-order valence-corrected chi connectivity index (χ2v) is 4.99. The fourth-order valence-corrected chi connectivity index (χ4v) is 2.22. The van der Waals surface area contributed by atoms with Crippen molar-refractivity contribution in [1.82, 2.24) is 0 Å². The molecule has 18 heavy (non-hydrogen) atoms.